The SMILES string of the molecule is C[C@H](OC(=O)c1ccccc1)C(N)=S. The Morgan fingerprint density at radius 1 is 1.43 bits per heavy atom. The summed E-state index contributed by atoms with van der Waals surface area (Å²) in [6.07, 6.45) is -0.530. The van der Waals surface area contributed by atoms with Crippen LogP contribution in [0.1, 0.15) is 17.3 Å². The average molecular weight is 209 g/mol. The van der Waals surface area contributed by atoms with Gasteiger partial charge in [0.05, 0.1) is 5.56 Å². The first-order chi connectivity index (χ1) is 6.61. The first-order valence-corrected chi connectivity index (χ1v) is 4.57. The van der Waals surface area contributed by atoms with Crippen molar-refractivity contribution in [1.29, 1.82) is 0 Å². The van der Waals surface area contributed by atoms with E-state index in [0.717, 1.165) is 0 Å². The molecule has 4 heteroatoms. The number of benzene rings is 1. The van der Waals surface area contributed by atoms with Gasteiger partial charge in [-0.3, -0.25) is 0 Å². The number of carbonyl (C=O) groups is 1. The van der Waals surface area contributed by atoms with Gasteiger partial charge in [0.1, 0.15) is 11.1 Å². The second kappa shape index (κ2) is 4.72. The van der Waals surface area contributed by atoms with Gasteiger partial charge in [0.15, 0.2) is 0 Å². The zero-order valence-corrected chi connectivity index (χ0v) is 8.58. The van der Waals surface area contributed by atoms with Crippen molar-refractivity contribution in [3.8, 4) is 0 Å². The monoisotopic (exact) mass is 209 g/mol. The maximum absolute atomic E-state index is 11.4. The Bertz CT molecular complexity index is 337. The van der Waals surface area contributed by atoms with E-state index in [4.69, 9.17) is 10.5 Å². The molecule has 0 heterocycles. The predicted molar refractivity (Wildman–Crippen MR) is 58.1 cm³/mol. The van der Waals surface area contributed by atoms with Crippen molar-refractivity contribution >= 4 is 23.2 Å². The van der Waals surface area contributed by atoms with E-state index in [-0.39, 0.29) is 4.99 Å². The molecule has 14 heavy (non-hydrogen) atoms. The zero-order valence-electron chi connectivity index (χ0n) is 7.77. The summed E-state index contributed by atoms with van der Waals surface area (Å²) in [5.41, 5.74) is 5.81. The molecule has 0 bridgehead atoms. The van der Waals surface area contributed by atoms with Gasteiger partial charge in [0, 0.05) is 0 Å². The second-order valence-corrected chi connectivity index (χ2v) is 3.29. The van der Waals surface area contributed by atoms with Crippen molar-refractivity contribution in [3.05, 3.63) is 35.9 Å². The molecule has 74 valence electrons. The topological polar surface area (TPSA) is 52.3 Å². The highest BCUT2D eigenvalue weighted by atomic mass is 32.1. The van der Waals surface area contributed by atoms with E-state index in [1.54, 1.807) is 31.2 Å². The molecule has 0 unspecified atom stereocenters. The Labute approximate surface area is 87.9 Å². The highest BCUT2D eigenvalue weighted by Gasteiger charge is 2.12. The molecule has 0 saturated carbocycles. The predicted octanol–water partition coefficient (Wildman–Crippen LogP) is 1.52. The van der Waals surface area contributed by atoms with Crippen LogP contribution in [0.3, 0.4) is 0 Å². The molecule has 1 aromatic rings. The van der Waals surface area contributed by atoms with Gasteiger partial charge in [-0.05, 0) is 19.1 Å². The minimum absolute atomic E-state index is 0.175. The molecule has 1 atom stereocenters. The molecule has 0 spiro atoms. The van der Waals surface area contributed by atoms with Crippen LogP contribution in [0.2, 0.25) is 0 Å². The molecule has 1 aromatic carbocycles. The van der Waals surface area contributed by atoms with Crippen LogP contribution in [0, 0.1) is 0 Å². The van der Waals surface area contributed by atoms with Crippen LogP contribution in [0.4, 0.5) is 0 Å². The van der Waals surface area contributed by atoms with E-state index in [0.29, 0.717) is 5.56 Å². The van der Waals surface area contributed by atoms with Crippen LogP contribution in [0.25, 0.3) is 0 Å². The van der Waals surface area contributed by atoms with Crippen LogP contribution in [0.15, 0.2) is 30.3 Å². The Balaban J connectivity index is 2.64. The molecule has 1 rings (SSSR count). The number of thiocarbonyl (C=S) groups is 1. The van der Waals surface area contributed by atoms with E-state index in [9.17, 15) is 4.79 Å². The van der Waals surface area contributed by atoms with Gasteiger partial charge < -0.3 is 10.5 Å². The number of rotatable bonds is 3. The zero-order chi connectivity index (χ0) is 10.6. The summed E-state index contributed by atoms with van der Waals surface area (Å²) in [4.78, 5) is 11.6. The Hall–Kier alpha value is -1.42. The van der Waals surface area contributed by atoms with Crippen molar-refractivity contribution in [3.63, 3.8) is 0 Å². The highest BCUT2D eigenvalue weighted by molar-refractivity contribution is 7.80. The van der Waals surface area contributed by atoms with E-state index in [1.807, 2.05) is 6.07 Å². The minimum Gasteiger partial charge on any atom is -0.452 e. The average Bonchev–Trinajstić information content (AvgIpc) is 2.19. The summed E-state index contributed by atoms with van der Waals surface area (Å²) < 4.78 is 4.99. The van der Waals surface area contributed by atoms with Crippen LogP contribution >= 0.6 is 12.2 Å². The summed E-state index contributed by atoms with van der Waals surface area (Å²) in [6, 6.07) is 8.71. The Morgan fingerprint density at radius 2 is 2.00 bits per heavy atom. The van der Waals surface area contributed by atoms with Crippen molar-refractivity contribution in [2.75, 3.05) is 0 Å². The van der Waals surface area contributed by atoms with Crippen LogP contribution in [0.5, 0.6) is 0 Å². The van der Waals surface area contributed by atoms with Gasteiger partial charge in [-0.25, -0.2) is 4.79 Å². The van der Waals surface area contributed by atoms with Crippen molar-refractivity contribution < 1.29 is 9.53 Å². The molecular formula is C10H11NO2S. The molecule has 0 fully saturated rings. The molecule has 0 aliphatic rings. The normalized spacial score (nSPS) is 11.8. The number of ether oxygens (including phenoxy) is 1. The number of nitrogens with two attached hydrogens (primary N) is 1. The maximum atomic E-state index is 11.4. The minimum atomic E-state index is -0.530. The van der Waals surface area contributed by atoms with Crippen LogP contribution in [-0.4, -0.2) is 17.1 Å². The van der Waals surface area contributed by atoms with E-state index in [2.05, 4.69) is 12.2 Å². The summed E-state index contributed by atoms with van der Waals surface area (Å²) in [5.74, 6) is -0.411. The second-order valence-electron chi connectivity index (χ2n) is 2.82. The summed E-state index contributed by atoms with van der Waals surface area (Å²) in [5, 5.41) is 0. The standard InChI is InChI=1S/C10H11NO2S/c1-7(9(11)14)13-10(12)8-5-3-2-4-6-8/h2-7H,1H3,(H2,11,14)/t7-/m0/s1. The lowest BCUT2D eigenvalue weighted by Crippen LogP contribution is -2.28. The lowest BCUT2D eigenvalue weighted by molar-refractivity contribution is 0.0454. The van der Waals surface area contributed by atoms with Crippen molar-refractivity contribution in [2.45, 2.75) is 13.0 Å². The first kappa shape index (κ1) is 10.7. The third kappa shape index (κ3) is 2.81. The molecular weight excluding hydrogens is 198 g/mol. The fourth-order valence-electron chi connectivity index (χ4n) is 0.861. The van der Waals surface area contributed by atoms with Gasteiger partial charge in [0.2, 0.25) is 0 Å². The van der Waals surface area contributed by atoms with Crippen molar-refractivity contribution in [1.82, 2.24) is 0 Å². The van der Waals surface area contributed by atoms with Crippen LogP contribution in [-0.2, 0) is 4.74 Å². The lowest BCUT2D eigenvalue weighted by Gasteiger charge is -2.10. The van der Waals surface area contributed by atoms with E-state index < -0.39 is 12.1 Å². The smallest absolute Gasteiger partial charge is 0.338 e. The van der Waals surface area contributed by atoms with Gasteiger partial charge in [-0.1, -0.05) is 30.4 Å². The van der Waals surface area contributed by atoms with E-state index in [1.165, 1.54) is 0 Å². The number of esters is 1. The Kier molecular flexibility index (Phi) is 3.59. The number of carbonyl (C=O) groups excluding carboxylic acids is 1. The van der Waals surface area contributed by atoms with Crippen molar-refractivity contribution in [2.24, 2.45) is 5.73 Å². The summed E-state index contributed by atoms with van der Waals surface area (Å²) >= 11 is 4.69. The third-order valence-corrected chi connectivity index (χ3v) is 2.03. The first-order valence-electron chi connectivity index (χ1n) is 4.16. The third-order valence-electron chi connectivity index (χ3n) is 1.69. The maximum Gasteiger partial charge on any atom is 0.338 e. The quantitative estimate of drug-likeness (QED) is 0.605. The molecule has 0 aliphatic heterocycles. The van der Waals surface area contributed by atoms with Gasteiger partial charge >= 0.3 is 5.97 Å². The van der Waals surface area contributed by atoms with Gasteiger partial charge in [0.25, 0.3) is 0 Å². The molecule has 3 nitrogen and oxygen atoms in total. The number of hydrogen-bond acceptors (Lipinski definition) is 3. The molecule has 0 amide bonds. The number of hydrogen-bond donors (Lipinski definition) is 1. The highest BCUT2D eigenvalue weighted by Crippen LogP contribution is 2.03. The van der Waals surface area contributed by atoms with Gasteiger partial charge in [-0.15, -0.1) is 0 Å². The fraction of sp³-hybridized carbons (Fsp3) is 0.200. The fourth-order valence-corrected chi connectivity index (χ4v) is 0.909. The Morgan fingerprint density at radius 3 is 2.50 bits per heavy atom. The largest absolute Gasteiger partial charge is 0.452 e. The molecule has 0 radical (unpaired) electrons. The summed E-state index contributed by atoms with van der Waals surface area (Å²) in [6.45, 7) is 1.64. The molecule has 0 aliphatic carbocycles. The van der Waals surface area contributed by atoms with Gasteiger partial charge in [-0.2, -0.15) is 0 Å². The molecule has 2 N–H and O–H groups in total. The lowest BCUT2D eigenvalue weighted by atomic mass is 10.2. The van der Waals surface area contributed by atoms with E-state index >= 15 is 0 Å². The summed E-state index contributed by atoms with van der Waals surface area (Å²) in [7, 11) is 0. The molecule has 0 aromatic heterocycles. The molecule has 0 saturated heterocycles. The van der Waals surface area contributed by atoms with Crippen LogP contribution < -0.4 is 5.73 Å².